The van der Waals surface area contributed by atoms with Crippen molar-refractivity contribution in [1.82, 2.24) is 0 Å². The summed E-state index contributed by atoms with van der Waals surface area (Å²) in [6.45, 7) is 2.31. The number of hydrogen-bond donors (Lipinski definition) is 2. The zero-order valence-electron chi connectivity index (χ0n) is 15.1. The van der Waals surface area contributed by atoms with E-state index < -0.39 is 0 Å². The molecule has 6 atom stereocenters. The second-order valence-corrected chi connectivity index (χ2v) is 8.83. The summed E-state index contributed by atoms with van der Waals surface area (Å²) >= 11 is 0. The number of hydrogen-bond acceptors (Lipinski definition) is 3. The van der Waals surface area contributed by atoms with Crippen LogP contribution in [0.25, 0.3) is 0 Å². The molecular formula is C22H29NO2. The van der Waals surface area contributed by atoms with Gasteiger partial charge in [-0.2, -0.15) is 5.26 Å². The van der Waals surface area contributed by atoms with E-state index in [2.05, 4.69) is 19.1 Å². The monoisotopic (exact) mass is 339 g/mol. The largest absolute Gasteiger partial charge is 0.508 e. The van der Waals surface area contributed by atoms with Gasteiger partial charge in [-0.1, -0.05) is 13.0 Å². The molecule has 0 heterocycles. The summed E-state index contributed by atoms with van der Waals surface area (Å²) in [7, 11) is 0. The van der Waals surface area contributed by atoms with Crippen molar-refractivity contribution in [3.05, 3.63) is 29.3 Å². The third kappa shape index (κ3) is 2.66. The summed E-state index contributed by atoms with van der Waals surface area (Å²) in [5.74, 6) is 2.69. The fourth-order valence-corrected chi connectivity index (χ4v) is 6.57. The average Bonchev–Trinajstić information content (AvgIpc) is 2.89. The Hall–Kier alpha value is -1.53. The molecule has 3 aliphatic carbocycles. The van der Waals surface area contributed by atoms with E-state index in [0.717, 1.165) is 38.5 Å². The minimum atomic E-state index is -0.168. The van der Waals surface area contributed by atoms with Gasteiger partial charge in [0.1, 0.15) is 5.75 Å². The molecule has 0 bridgehead atoms. The van der Waals surface area contributed by atoms with E-state index in [0.29, 0.717) is 35.8 Å². The third-order valence-electron chi connectivity index (χ3n) is 7.64. The van der Waals surface area contributed by atoms with Crippen LogP contribution in [0.15, 0.2) is 18.2 Å². The lowest BCUT2D eigenvalue weighted by Gasteiger charge is -2.54. The SMILES string of the molecule is C[C@]12C[C@H](CCCC#N)[C@@H]3c4ccc(O)cc4CC[C@H]3[C@@H]1CC[C@@H]2O. The van der Waals surface area contributed by atoms with Crippen molar-refractivity contribution in [2.75, 3.05) is 0 Å². The lowest BCUT2D eigenvalue weighted by atomic mass is 9.51. The number of phenolic OH excluding ortho intramolecular Hbond substituents is 1. The number of aromatic hydroxyl groups is 1. The van der Waals surface area contributed by atoms with E-state index in [1.807, 2.05) is 12.1 Å². The number of rotatable bonds is 3. The molecule has 1 aromatic rings. The van der Waals surface area contributed by atoms with Crippen molar-refractivity contribution in [1.29, 1.82) is 5.26 Å². The van der Waals surface area contributed by atoms with Crippen LogP contribution in [0.4, 0.5) is 0 Å². The molecule has 1 aromatic carbocycles. The van der Waals surface area contributed by atoms with Gasteiger partial charge in [-0.3, -0.25) is 0 Å². The fourth-order valence-electron chi connectivity index (χ4n) is 6.57. The quantitative estimate of drug-likeness (QED) is 0.795. The van der Waals surface area contributed by atoms with E-state index in [1.165, 1.54) is 17.5 Å². The van der Waals surface area contributed by atoms with Crippen LogP contribution in [0, 0.1) is 34.5 Å². The maximum atomic E-state index is 10.7. The lowest BCUT2D eigenvalue weighted by molar-refractivity contribution is -0.0499. The highest BCUT2D eigenvalue weighted by Crippen LogP contribution is 2.63. The van der Waals surface area contributed by atoms with Crippen molar-refractivity contribution in [2.24, 2.45) is 23.2 Å². The molecule has 2 N–H and O–H groups in total. The van der Waals surface area contributed by atoms with Gasteiger partial charge in [-0.25, -0.2) is 0 Å². The first kappa shape index (κ1) is 16.9. The number of fused-ring (bicyclic) bond motifs is 5. The summed E-state index contributed by atoms with van der Waals surface area (Å²) < 4.78 is 0. The van der Waals surface area contributed by atoms with Crippen LogP contribution in [0.3, 0.4) is 0 Å². The molecule has 134 valence electrons. The van der Waals surface area contributed by atoms with Crippen LogP contribution < -0.4 is 0 Å². The van der Waals surface area contributed by atoms with Crippen LogP contribution in [-0.2, 0) is 6.42 Å². The van der Waals surface area contributed by atoms with Crippen LogP contribution >= 0.6 is 0 Å². The van der Waals surface area contributed by atoms with Gasteiger partial charge < -0.3 is 10.2 Å². The van der Waals surface area contributed by atoms with E-state index in [1.54, 1.807) is 0 Å². The van der Waals surface area contributed by atoms with Gasteiger partial charge in [-0.15, -0.1) is 0 Å². The molecule has 2 saturated carbocycles. The Balaban J connectivity index is 1.71. The number of nitrogens with zero attached hydrogens (tertiary/aromatic N) is 1. The standard InChI is InChI=1S/C22H29NO2/c1-22-13-15(4-2-3-11-23)21-17-8-6-16(24)12-14(17)5-7-18(21)19(22)9-10-20(22)25/h6,8,12,15,18-21,24-25H,2-5,7,9-10,13H2,1H3/t15-,18-,19-,20-,21+,22-/m0/s1. The predicted octanol–water partition coefficient (Wildman–Crippen LogP) is 4.53. The fraction of sp³-hybridized carbons (Fsp3) is 0.682. The first-order chi connectivity index (χ1) is 12.0. The van der Waals surface area contributed by atoms with Crippen LogP contribution in [0.5, 0.6) is 5.75 Å². The molecule has 0 amide bonds. The Bertz CT molecular complexity index is 694. The molecule has 0 aromatic heterocycles. The Kier molecular flexibility index (Phi) is 4.28. The summed E-state index contributed by atoms with van der Waals surface area (Å²) in [5.41, 5.74) is 2.79. The maximum absolute atomic E-state index is 10.7. The van der Waals surface area contributed by atoms with Crippen LogP contribution in [0.1, 0.15) is 68.9 Å². The molecule has 0 spiro atoms. The van der Waals surface area contributed by atoms with Gasteiger partial charge in [0.15, 0.2) is 0 Å². The van der Waals surface area contributed by atoms with Gasteiger partial charge in [0.2, 0.25) is 0 Å². The minimum absolute atomic E-state index is 0.0485. The minimum Gasteiger partial charge on any atom is -0.508 e. The molecule has 3 nitrogen and oxygen atoms in total. The normalized spacial score (nSPS) is 39.2. The summed E-state index contributed by atoms with van der Waals surface area (Å²) in [5, 5.41) is 29.5. The molecule has 3 aliphatic rings. The van der Waals surface area contributed by atoms with Gasteiger partial charge in [0.05, 0.1) is 12.2 Å². The van der Waals surface area contributed by atoms with Crippen LogP contribution in [0.2, 0.25) is 0 Å². The van der Waals surface area contributed by atoms with Gasteiger partial charge >= 0.3 is 0 Å². The molecule has 25 heavy (non-hydrogen) atoms. The van der Waals surface area contributed by atoms with Gasteiger partial charge in [0, 0.05) is 6.42 Å². The smallest absolute Gasteiger partial charge is 0.115 e. The predicted molar refractivity (Wildman–Crippen MR) is 97.1 cm³/mol. The topological polar surface area (TPSA) is 64.2 Å². The molecule has 0 aliphatic heterocycles. The molecule has 0 radical (unpaired) electrons. The second kappa shape index (κ2) is 6.32. The number of nitriles is 1. The molecule has 0 saturated heterocycles. The molecule has 3 heteroatoms. The Labute approximate surface area is 150 Å². The first-order valence-electron chi connectivity index (χ1n) is 9.91. The van der Waals surface area contributed by atoms with Gasteiger partial charge in [0.25, 0.3) is 0 Å². The average molecular weight is 339 g/mol. The molecule has 2 fully saturated rings. The number of unbranched alkanes of at least 4 members (excludes halogenated alkanes) is 1. The Morgan fingerprint density at radius 3 is 2.92 bits per heavy atom. The number of aliphatic hydroxyl groups is 1. The van der Waals surface area contributed by atoms with Crippen molar-refractivity contribution in [3.8, 4) is 11.8 Å². The van der Waals surface area contributed by atoms with Crippen molar-refractivity contribution < 1.29 is 10.2 Å². The number of benzene rings is 1. The zero-order chi connectivity index (χ0) is 17.6. The molecular weight excluding hydrogens is 310 g/mol. The highest BCUT2D eigenvalue weighted by atomic mass is 16.3. The third-order valence-corrected chi connectivity index (χ3v) is 7.64. The second-order valence-electron chi connectivity index (χ2n) is 8.83. The highest BCUT2D eigenvalue weighted by molar-refractivity contribution is 5.40. The first-order valence-corrected chi connectivity index (χ1v) is 9.91. The lowest BCUT2D eigenvalue weighted by Crippen LogP contribution is -2.47. The molecule has 0 unspecified atom stereocenters. The van der Waals surface area contributed by atoms with Crippen molar-refractivity contribution in [2.45, 2.75) is 70.3 Å². The zero-order valence-corrected chi connectivity index (χ0v) is 15.1. The van der Waals surface area contributed by atoms with Gasteiger partial charge in [-0.05, 0) is 97.3 Å². The van der Waals surface area contributed by atoms with Crippen molar-refractivity contribution in [3.63, 3.8) is 0 Å². The number of aryl methyl sites for hydroxylation is 1. The van der Waals surface area contributed by atoms with E-state index in [-0.39, 0.29) is 11.5 Å². The summed E-state index contributed by atoms with van der Waals surface area (Å²) in [4.78, 5) is 0. The maximum Gasteiger partial charge on any atom is 0.115 e. The van der Waals surface area contributed by atoms with E-state index in [9.17, 15) is 10.2 Å². The Morgan fingerprint density at radius 1 is 1.28 bits per heavy atom. The number of aliphatic hydroxyl groups excluding tert-OH is 1. The van der Waals surface area contributed by atoms with Crippen LogP contribution in [-0.4, -0.2) is 16.3 Å². The van der Waals surface area contributed by atoms with E-state index in [4.69, 9.17) is 5.26 Å². The van der Waals surface area contributed by atoms with Crippen molar-refractivity contribution >= 4 is 0 Å². The van der Waals surface area contributed by atoms with E-state index >= 15 is 0 Å². The summed E-state index contributed by atoms with van der Waals surface area (Å²) in [6, 6.07) is 8.23. The molecule has 4 rings (SSSR count). The summed E-state index contributed by atoms with van der Waals surface area (Å²) in [6.07, 6.45) is 7.86. The Morgan fingerprint density at radius 2 is 2.12 bits per heavy atom. The number of phenols is 1. The highest BCUT2D eigenvalue weighted by Gasteiger charge is 2.57.